The number of carboxylic acids is 1. The molecule has 1 heterocycles. The summed E-state index contributed by atoms with van der Waals surface area (Å²) in [4.78, 5) is 24.3. The lowest BCUT2D eigenvalue weighted by Gasteiger charge is -2.13. The van der Waals surface area contributed by atoms with E-state index in [4.69, 9.17) is 0 Å². The molecule has 0 aromatic heterocycles. The van der Waals surface area contributed by atoms with Gasteiger partial charge in [0.05, 0.1) is 29.6 Å². The second-order valence-corrected chi connectivity index (χ2v) is 8.62. The molecule has 0 atom stereocenters. The van der Waals surface area contributed by atoms with Crippen LogP contribution in [0.2, 0.25) is 0 Å². The maximum atomic E-state index is 13.0. The largest absolute Gasteiger partial charge is 0.481 e. The molecule has 0 saturated carbocycles. The Balaban J connectivity index is 1.89. The number of nitrogens with one attached hydrogen (secondary N) is 2. The van der Waals surface area contributed by atoms with Crippen LogP contribution < -0.4 is 15.0 Å². The zero-order valence-corrected chi connectivity index (χ0v) is 17.8. The third-order valence-electron chi connectivity index (χ3n) is 4.46. The molecule has 1 amide bonds. The van der Waals surface area contributed by atoms with E-state index >= 15 is 0 Å². The van der Waals surface area contributed by atoms with Gasteiger partial charge in [-0.3, -0.25) is 14.3 Å². The Morgan fingerprint density at radius 3 is 2.45 bits per heavy atom. The van der Waals surface area contributed by atoms with Crippen molar-refractivity contribution in [3.63, 3.8) is 0 Å². The zero-order chi connectivity index (χ0) is 22.6. The van der Waals surface area contributed by atoms with Gasteiger partial charge >= 0.3 is 5.97 Å². The SMILES string of the molecule is CCc1ccccc1N/C=C1/C(=O)N(c2ccc(NS(C)(=O)=O)cc2)N=C1CC(=O)O. The highest BCUT2D eigenvalue weighted by Crippen LogP contribution is 2.27. The number of aliphatic carboxylic acids is 1. The van der Waals surface area contributed by atoms with Crippen molar-refractivity contribution in [1.29, 1.82) is 0 Å². The van der Waals surface area contributed by atoms with E-state index in [1.165, 1.54) is 30.5 Å². The van der Waals surface area contributed by atoms with Crippen molar-refractivity contribution >= 4 is 44.7 Å². The number of carboxylic acid groups (broad SMARTS) is 1. The first-order valence-corrected chi connectivity index (χ1v) is 11.3. The predicted octanol–water partition coefficient (Wildman–Crippen LogP) is 2.79. The molecule has 3 N–H and O–H groups in total. The second-order valence-electron chi connectivity index (χ2n) is 6.87. The van der Waals surface area contributed by atoms with Crippen LogP contribution in [0.1, 0.15) is 18.9 Å². The molecule has 0 aliphatic carbocycles. The van der Waals surface area contributed by atoms with Gasteiger partial charge in [0.2, 0.25) is 10.0 Å². The maximum Gasteiger partial charge on any atom is 0.309 e. The normalized spacial score (nSPS) is 15.2. The topological polar surface area (TPSA) is 128 Å². The van der Waals surface area contributed by atoms with Gasteiger partial charge < -0.3 is 10.4 Å². The Morgan fingerprint density at radius 2 is 1.84 bits per heavy atom. The van der Waals surface area contributed by atoms with E-state index in [0.717, 1.165) is 28.9 Å². The van der Waals surface area contributed by atoms with Crippen molar-refractivity contribution in [1.82, 2.24) is 0 Å². The number of aryl methyl sites for hydroxylation is 1. The smallest absolute Gasteiger partial charge is 0.309 e. The first-order chi connectivity index (χ1) is 14.7. The second kappa shape index (κ2) is 9.00. The number of carbonyl (C=O) groups excluding carboxylic acids is 1. The summed E-state index contributed by atoms with van der Waals surface area (Å²) in [5, 5.41) is 17.6. The highest BCUT2D eigenvalue weighted by atomic mass is 32.2. The number of anilines is 3. The summed E-state index contributed by atoms with van der Waals surface area (Å²) >= 11 is 0. The number of benzene rings is 2. The lowest BCUT2D eigenvalue weighted by molar-refractivity contribution is -0.135. The van der Waals surface area contributed by atoms with Gasteiger partial charge in [0.15, 0.2) is 0 Å². The third kappa shape index (κ3) is 5.48. The Morgan fingerprint density at radius 1 is 1.16 bits per heavy atom. The van der Waals surface area contributed by atoms with Gasteiger partial charge in [-0.15, -0.1) is 0 Å². The van der Waals surface area contributed by atoms with Crippen LogP contribution in [-0.4, -0.2) is 37.4 Å². The van der Waals surface area contributed by atoms with Gasteiger partial charge in [-0.25, -0.2) is 8.42 Å². The number of amides is 1. The van der Waals surface area contributed by atoms with Crippen LogP contribution in [0.3, 0.4) is 0 Å². The van der Waals surface area contributed by atoms with Crippen LogP contribution in [0, 0.1) is 0 Å². The number of carbonyl (C=O) groups is 2. The molecule has 0 spiro atoms. The Hall–Kier alpha value is -3.66. The Kier molecular flexibility index (Phi) is 6.40. The first kappa shape index (κ1) is 22.0. The molecule has 2 aromatic carbocycles. The number of rotatable bonds is 8. The summed E-state index contributed by atoms with van der Waals surface area (Å²) in [5.74, 6) is -1.59. The number of para-hydroxylation sites is 1. The number of sulfonamides is 1. The summed E-state index contributed by atoms with van der Waals surface area (Å²) in [5.41, 5.74) is 2.84. The van der Waals surface area contributed by atoms with Crippen LogP contribution in [0.4, 0.5) is 17.1 Å². The van der Waals surface area contributed by atoms with Gasteiger partial charge in [-0.05, 0) is 42.3 Å². The predicted molar refractivity (Wildman–Crippen MR) is 120 cm³/mol. The quantitative estimate of drug-likeness (QED) is 0.539. The fourth-order valence-electron chi connectivity index (χ4n) is 3.06. The van der Waals surface area contributed by atoms with Gasteiger partial charge in [0, 0.05) is 17.6 Å². The van der Waals surface area contributed by atoms with Crippen molar-refractivity contribution in [2.24, 2.45) is 5.10 Å². The van der Waals surface area contributed by atoms with Gasteiger partial charge in [0.25, 0.3) is 5.91 Å². The highest BCUT2D eigenvalue weighted by Gasteiger charge is 2.32. The molecule has 31 heavy (non-hydrogen) atoms. The fourth-order valence-corrected chi connectivity index (χ4v) is 3.62. The molecule has 9 nitrogen and oxygen atoms in total. The minimum absolute atomic E-state index is 0.123. The average molecular weight is 442 g/mol. The zero-order valence-electron chi connectivity index (χ0n) is 17.0. The Labute approximate surface area is 180 Å². The fraction of sp³-hybridized carbons (Fsp3) is 0.190. The molecule has 1 aliphatic heterocycles. The van der Waals surface area contributed by atoms with E-state index in [1.807, 2.05) is 31.2 Å². The van der Waals surface area contributed by atoms with Crippen molar-refractivity contribution < 1.29 is 23.1 Å². The van der Waals surface area contributed by atoms with Crippen LogP contribution >= 0.6 is 0 Å². The summed E-state index contributed by atoms with van der Waals surface area (Å²) in [6, 6.07) is 13.6. The minimum Gasteiger partial charge on any atom is -0.481 e. The first-order valence-electron chi connectivity index (χ1n) is 9.44. The number of hydrogen-bond donors (Lipinski definition) is 3. The minimum atomic E-state index is -3.43. The van der Waals surface area contributed by atoms with Crippen molar-refractivity contribution in [3.8, 4) is 0 Å². The molecule has 1 aliphatic rings. The van der Waals surface area contributed by atoms with Crippen molar-refractivity contribution in [2.75, 3.05) is 21.3 Å². The molecule has 0 bridgehead atoms. The van der Waals surface area contributed by atoms with Crippen LogP contribution in [0.15, 0.2) is 65.4 Å². The van der Waals surface area contributed by atoms with E-state index in [9.17, 15) is 23.1 Å². The monoisotopic (exact) mass is 442 g/mol. The summed E-state index contributed by atoms with van der Waals surface area (Å²) < 4.78 is 25.0. The lowest BCUT2D eigenvalue weighted by atomic mass is 10.1. The van der Waals surface area contributed by atoms with E-state index in [2.05, 4.69) is 15.1 Å². The molecule has 0 radical (unpaired) electrons. The maximum absolute atomic E-state index is 13.0. The van der Waals surface area contributed by atoms with E-state index in [-0.39, 0.29) is 11.3 Å². The molecule has 2 aromatic rings. The molecule has 0 unspecified atom stereocenters. The standard InChI is InChI=1S/C21H22N4O5S/c1-3-14-6-4-5-7-18(14)22-13-17-19(12-20(26)27)23-25(21(17)28)16-10-8-15(9-11-16)24-31(2,29)30/h4-11,13,22,24H,3,12H2,1-2H3,(H,26,27)/b17-13+. The van der Waals surface area contributed by atoms with Crippen LogP contribution in [-0.2, 0) is 26.0 Å². The molecule has 10 heteroatoms. The average Bonchev–Trinajstić information content (AvgIpc) is 3.00. The Bertz CT molecular complexity index is 1170. The van der Waals surface area contributed by atoms with Gasteiger partial charge in [-0.1, -0.05) is 25.1 Å². The molecular formula is C21H22N4O5S. The van der Waals surface area contributed by atoms with Crippen LogP contribution in [0.5, 0.6) is 0 Å². The van der Waals surface area contributed by atoms with E-state index in [0.29, 0.717) is 11.4 Å². The molecule has 3 rings (SSSR count). The van der Waals surface area contributed by atoms with Crippen molar-refractivity contribution in [3.05, 3.63) is 65.9 Å². The van der Waals surface area contributed by atoms with Gasteiger partial charge in [-0.2, -0.15) is 10.1 Å². The highest BCUT2D eigenvalue weighted by molar-refractivity contribution is 7.92. The number of hydrogen-bond acceptors (Lipinski definition) is 6. The summed E-state index contributed by atoms with van der Waals surface area (Å²) in [6.07, 6.45) is 2.88. The van der Waals surface area contributed by atoms with Crippen molar-refractivity contribution in [2.45, 2.75) is 19.8 Å². The summed E-state index contributed by atoms with van der Waals surface area (Å²) in [7, 11) is -3.43. The number of nitrogens with zero attached hydrogens (tertiary/aromatic N) is 2. The third-order valence-corrected chi connectivity index (χ3v) is 5.06. The lowest BCUT2D eigenvalue weighted by Crippen LogP contribution is -2.22. The molecule has 0 saturated heterocycles. The number of hydrazone groups is 1. The van der Waals surface area contributed by atoms with Crippen LogP contribution in [0.25, 0.3) is 0 Å². The van der Waals surface area contributed by atoms with E-state index < -0.39 is 28.3 Å². The molecule has 0 fully saturated rings. The summed E-state index contributed by atoms with van der Waals surface area (Å²) in [6.45, 7) is 2.01. The van der Waals surface area contributed by atoms with E-state index in [1.54, 1.807) is 0 Å². The van der Waals surface area contributed by atoms with Gasteiger partial charge in [0.1, 0.15) is 0 Å². The molecular weight excluding hydrogens is 420 g/mol. The molecule has 162 valence electrons.